The molecule has 0 saturated heterocycles. The Hall–Kier alpha value is 0.0500. The first kappa shape index (κ1) is 9.05. The summed E-state index contributed by atoms with van der Waals surface area (Å²) in [7, 11) is 0. The van der Waals surface area contributed by atoms with E-state index in [9.17, 15) is 0 Å². The maximum atomic E-state index is 5.41. The molecule has 1 unspecified atom stereocenters. The fourth-order valence-electron chi connectivity index (χ4n) is 0.384. The Bertz CT molecular complexity index is 81.0. The van der Waals surface area contributed by atoms with Crippen molar-refractivity contribution in [3.63, 3.8) is 0 Å². The highest BCUT2D eigenvalue weighted by molar-refractivity contribution is 8.00. The molecule has 2 N–H and O–H groups in total. The molecule has 0 rings (SSSR count). The van der Waals surface area contributed by atoms with Crippen LogP contribution < -0.4 is 5.73 Å². The van der Waals surface area contributed by atoms with Crippen molar-refractivity contribution in [2.24, 2.45) is 5.73 Å². The molecule has 1 nitrogen and oxygen atoms in total. The van der Waals surface area contributed by atoms with Crippen LogP contribution in [0.4, 0.5) is 0 Å². The second-order valence-electron chi connectivity index (χ2n) is 1.95. The molecule has 0 amide bonds. The molecule has 0 radical (unpaired) electrons. The van der Waals surface area contributed by atoms with Crippen LogP contribution in [0.25, 0.3) is 0 Å². The predicted octanol–water partition coefficient (Wildman–Crippen LogP) is 1.64. The zero-order chi connectivity index (χ0) is 7.11. The van der Waals surface area contributed by atoms with Gasteiger partial charge in [-0.25, -0.2) is 0 Å². The molecular formula is C7H15NS. The Kier molecular flexibility index (Phi) is 6.21. The van der Waals surface area contributed by atoms with E-state index in [1.165, 1.54) is 0 Å². The molecule has 0 fully saturated rings. The summed E-state index contributed by atoms with van der Waals surface area (Å²) in [5.74, 6) is 1.09. The maximum absolute atomic E-state index is 5.41. The molecule has 0 aliphatic carbocycles. The predicted molar refractivity (Wildman–Crippen MR) is 45.8 cm³/mol. The van der Waals surface area contributed by atoms with E-state index in [-0.39, 0.29) is 0 Å². The Morgan fingerprint density at radius 3 is 2.78 bits per heavy atom. The molecule has 0 aliphatic heterocycles. The molecule has 54 valence electrons. The second-order valence-corrected chi connectivity index (χ2v) is 3.42. The van der Waals surface area contributed by atoms with Crippen molar-refractivity contribution >= 4 is 11.8 Å². The van der Waals surface area contributed by atoms with Gasteiger partial charge in [-0.2, -0.15) is 11.8 Å². The van der Waals surface area contributed by atoms with Gasteiger partial charge in [-0.3, -0.25) is 0 Å². The molecule has 0 aromatic rings. The molecule has 0 aromatic carbocycles. The Morgan fingerprint density at radius 2 is 2.33 bits per heavy atom. The van der Waals surface area contributed by atoms with Crippen LogP contribution in [-0.2, 0) is 0 Å². The zero-order valence-corrected chi connectivity index (χ0v) is 6.95. The minimum absolute atomic E-state index is 0.598. The quantitative estimate of drug-likeness (QED) is 0.609. The largest absolute Gasteiger partial charge is 0.329 e. The maximum Gasteiger partial charge on any atom is 0.0145 e. The number of thioether (sulfide) groups is 1. The number of hydrogen-bond donors (Lipinski definition) is 1. The van der Waals surface area contributed by atoms with E-state index in [0.717, 1.165) is 12.3 Å². The lowest BCUT2D eigenvalue weighted by Gasteiger charge is -2.03. The Labute approximate surface area is 61.7 Å². The summed E-state index contributed by atoms with van der Waals surface area (Å²) in [6, 6.07) is 0. The van der Waals surface area contributed by atoms with Gasteiger partial charge >= 0.3 is 0 Å². The van der Waals surface area contributed by atoms with Crippen molar-refractivity contribution in [2.75, 3.05) is 12.3 Å². The van der Waals surface area contributed by atoms with E-state index in [0.29, 0.717) is 5.25 Å². The minimum atomic E-state index is 0.598. The summed E-state index contributed by atoms with van der Waals surface area (Å²) in [6.07, 6.45) is 4.22. The van der Waals surface area contributed by atoms with Crippen molar-refractivity contribution in [3.05, 3.63) is 12.2 Å². The molecule has 9 heavy (non-hydrogen) atoms. The van der Waals surface area contributed by atoms with Crippen molar-refractivity contribution in [1.29, 1.82) is 0 Å². The molecule has 0 aromatic heterocycles. The van der Waals surface area contributed by atoms with Gasteiger partial charge in [-0.05, 0) is 6.92 Å². The monoisotopic (exact) mass is 145 g/mol. The standard InChI is InChI=1S/C7H15NS/c1-3-4-5-9-7(2)6-8/h3-4,7H,5-6,8H2,1-2H3/b4-3+. The lowest BCUT2D eigenvalue weighted by atomic mass is 10.5. The summed E-state index contributed by atoms with van der Waals surface area (Å²) < 4.78 is 0. The third kappa shape index (κ3) is 5.93. The summed E-state index contributed by atoms with van der Waals surface area (Å²) in [5, 5.41) is 0.598. The highest BCUT2D eigenvalue weighted by Crippen LogP contribution is 2.07. The summed E-state index contributed by atoms with van der Waals surface area (Å²) in [4.78, 5) is 0. The first-order chi connectivity index (χ1) is 4.31. The molecule has 0 aliphatic rings. The topological polar surface area (TPSA) is 26.0 Å². The molecule has 0 bridgehead atoms. The van der Waals surface area contributed by atoms with Crippen LogP contribution in [0.15, 0.2) is 12.2 Å². The lowest BCUT2D eigenvalue weighted by molar-refractivity contribution is 0.953. The fourth-order valence-corrected chi connectivity index (χ4v) is 1.15. The number of hydrogen-bond acceptors (Lipinski definition) is 2. The van der Waals surface area contributed by atoms with Gasteiger partial charge in [0.15, 0.2) is 0 Å². The highest BCUT2D eigenvalue weighted by atomic mass is 32.2. The third-order valence-electron chi connectivity index (χ3n) is 1.04. The average Bonchev–Trinajstić information content (AvgIpc) is 1.89. The normalized spacial score (nSPS) is 14.6. The molecular weight excluding hydrogens is 130 g/mol. The number of nitrogens with two attached hydrogens (primary N) is 1. The van der Waals surface area contributed by atoms with Crippen LogP contribution in [-0.4, -0.2) is 17.5 Å². The SMILES string of the molecule is C/C=C/CSC(C)CN. The Balaban J connectivity index is 3.06. The van der Waals surface area contributed by atoms with Crippen LogP contribution in [0.3, 0.4) is 0 Å². The Morgan fingerprint density at radius 1 is 1.67 bits per heavy atom. The molecule has 2 heteroatoms. The van der Waals surface area contributed by atoms with Gasteiger partial charge in [0.05, 0.1) is 0 Å². The van der Waals surface area contributed by atoms with Gasteiger partial charge < -0.3 is 5.73 Å². The van der Waals surface area contributed by atoms with Gasteiger partial charge in [-0.1, -0.05) is 19.1 Å². The van der Waals surface area contributed by atoms with Gasteiger partial charge in [0, 0.05) is 17.5 Å². The van der Waals surface area contributed by atoms with Gasteiger partial charge in [0.1, 0.15) is 0 Å². The van der Waals surface area contributed by atoms with E-state index in [2.05, 4.69) is 19.1 Å². The van der Waals surface area contributed by atoms with Crippen molar-refractivity contribution in [3.8, 4) is 0 Å². The first-order valence-electron chi connectivity index (χ1n) is 3.24. The van der Waals surface area contributed by atoms with Crippen molar-refractivity contribution < 1.29 is 0 Å². The minimum Gasteiger partial charge on any atom is -0.329 e. The van der Waals surface area contributed by atoms with Gasteiger partial charge in [0.25, 0.3) is 0 Å². The fraction of sp³-hybridized carbons (Fsp3) is 0.714. The van der Waals surface area contributed by atoms with Crippen molar-refractivity contribution in [2.45, 2.75) is 19.1 Å². The zero-order valence-electron chi connectivity index (χ0n) is 6.13. The highest BCUT2D eigenvalue weighted by Gasteiger charge is 1.94. The second kappa shape index (κ2) is 6.17. The smallest absolute Gasteiger partial charge is 0.0145 e. The lowest BCUT2D eigenvalue weighted by Crippen LogP contribution is -2.12. The number of rotatable bonds is 4. The van der Waals surface area contributed by atoms with Crippen LogP contribution in [0.2, 0.25) is 0 Å². The van der Waals surface area contributed by atoms with E-state index in [1.807, 2.05) is 18.7 Å². The van der Waals surface area contributed by atoms with Crippen LogP contribution in [0.1, 0.15) is 13.8 Å². The third-order valence-corrected chi connectivity index (χ3v) is 2.19. The average molecular weight is 145 g/mol. The van der Waals surface area contributed by atoms with Crippen molar-refractivity contribution in [1.82, 2.24) is 0 Å². The first-order valence-corrected chi connectivity index (χ1v) is 4.29. The van der Waals surface area contributed by atoms with E-state index in [1.54, 1.807) is 0 Å². The van der Waals surface area contributed by atoms with E-state index in [4.69, 9.17) is 5.73 Å². The summed E-state index contributed by atoms with van der Waals surface area (Å²) in [5.41, 5.74) is 5.41. The van der Waals surface area contributed by atoms with Gasteiger partial charge in [0.2, 0.25) is 0 Å². The van der Waals surface area contributed by atoms with Crippen LogP contribution in [0.5, 0.6) is 0 Å². The number of allylic oxidation sites excluding steroid dienone is 1. The van der Waals surface area contributed by atoms with E-state index >= 15 is 0 Å². The summed E-state index contributed by atoms with van der Waals surface area (Å²) >= 11 is 1.89. The molecule has 1 atom stereocenters. The van der Waals surface area contributed by atoms with Crippen LogP contribution in [0, 0.1) is 0 Å². The molecule has 0 spiro atoms. The van der Waals surface area contributed by atoms with E-state index < -0.39 is 0 Å². The molecule has 0 heterocycles. The molecule has 0 saturated carbocycles. The van der Waals surface area contributed by atoms with Crippen LogP contribution >= 0.6 is 11.8 Å². The summed E-state index contributed by atoms with van der Waals surface area (Å²) in [6.45, 7) is 4.96. The van der Waals surface area contributed by atoms with Gasteiger partial charge in [-0.15, -0.1) is 0 Å².